The van der Waals surface area contributed by atoms with Crippen LogP contribution in [0, 0.1) is 0 Å². The summed E-state index contributed by atoms with van der Waals surface area (Å²) in [5.74, 6) is 0. The van der Waals surface area contributed by atoms with Gasteiger partial charge in [-0.25, -0.2) is 0 Å². The van der Waals surface area contributed by atoms with Gasteiger partial charge in [-0.15, -0.1) is 6.58 Å². The van der Waals surface area contributed by atoms with Gasteiger partial charge in [0.2, 0.25) is 0 Å². The largest absolute Gasteiger partial charge is 0.296 e. The molecule has 0 radical (unpaired) electrons. The highest BCUT2D eigenvalue weighted by Crippen LogP contribution is 2.36. The molecule has 0 heterocycles. The van der Waals surface area contributed by atoms with Crippen LogP contribution in [0.2, 0.25) is 0 Å². The summed E-state index contributed by atoms with van der Waals surface area (Å²) in [6.07, 6.45) is 14.8. The number of fused-ring (bicyclic) bond motifs is 1. The molecular weight excluding hydrogens is 530 g/mol. The number of unbranched alkanes of at least 4 members (excludes halogenated alkanes) is 2. The molecule has 1 unspecified atom stereocenters. The second-order valence-electron chi connectivity index (χ2n) is 12.7. The van der Waals surface area contributed by atoms with Crippen molar-refractivity contribution < 1.29 is 0 Å². The first-order chi connectivity index (χ1) is 21.6. The molecule has 0 fully saturated rings. The third-order valence-electron chi connectivity index (χ3n) is 9.50. The quantitative estimate of drug-likeness (QED) is 0.0940. The van der Waals surface area contributed by atoms with Crippen LogP contribution in [0.15, 0.2) is 116 Å². The number of nitrogens with zero attached hydrogens (tertiary/aromatic N) is 1. The predicted octanol–water partition coefficient (Wildman–Crippen LogP) is 10.6. The van der Waals surface area contributed by atoms with Crippen molar-refractivity contribution in [2.45, 2.75) is 83.6 Å². The van der Waals surface area contributed by atoms with Crippen molar-refractivity contribution >= 4 is 5.57 Å². The molecule has 4 aromatic rings. The van der Waals surface area contributed by atoms with Gasteiger partial charge in [-0.2, -0.15) is 0 Å². The minimum absolute atomic E-state index is 0.509. The molecule has 1 heteroatoms. The van der Waals surface area contributed by atoms with Crippen LogP contribution in [0.3, 0.4) is 0 Å². The Morgan fingerprint density at radius 1 is 0.727 bits per heavy atom. The Labute approximate surface area is 267 Å². The minimum atomic E-state index is 0.509. The van der Waals surface area contributed by atoms with Gasteiger partial charge in [0.1, 0.15) is 0 Å². The van der Waals surface area contributed by atoms with Crippen LogP contribution >= 0.6 is 0 Å². The zero-order valence-corrected chi connectivity index (χ0v) is 26.9. The Balaban J connectivity index is 1.22. The predicted molar refractivity (Wildman–Crippen MR) is 190 cm³/mol. The van der Waals surface area contributed by atoms with Gasteiger partial charge in [-0.1, -0.05) is 115 Å². The monoisotopic (exact) mass is 581 g/mol. The third kappa shape index (κ3) is 8.93. The zero-order valence-electron chi connectivity index (χ0n) is 26.9. The van der Waals surface area contributed by atoms with Gasteiger partial charge in [0.25, 0.3) is 0 Å². The highest BCUT2D eigenvalue weighted by molar-refractivity contribution is 5.63. The summed E-state index contributed by atoms with van der Waals surface area (Å²) < 4.78 is 0. The minimum Gasteiger partial charge on any atom is -0.296 e. The van der Waals surface area contributed by atoms with Gasteiger partial charge in [0.05, 0.1) is 0 Å². The van der Waals surface area contributed by atoms with Crippen LogP contribution < -0.4 is 0 Å². The van der Waals surface area contributed by atoms with E-state index >= 15 is 0 Å². The first-order valence-electron chi connectivity index (χ1n) is 16.9. The lowest BCUT2D eigenvalue weighted by molar-refractivity contribution is 0.177. The maximum atomic E-state index is 4.20. The second kappa shape index (κ2) is 16.4. The van der Waals surface area contributed by atoms with Crippen LogP contribution in [0.25, 0.3) is 5.57 Å². The van der Waals surface area contributed by atoms with E-state index in [1.165, 1.54) is 71.0 Å². The molecule has 0 aromatic heterocycles. The van der Waals surface area contributed by atoms with E-state index < -0.39 is 0 Å². The standard InChI is InChI=1S/C43H51N/c1-4-5-6-12-31-44(43-19-13-18-41-33-40(34(2)3)28-29-42(41)43)32-30-39-17-11-10-16-38(39)27-26-37-24-22-36(23-25-37)21-20-35-14-8-7-9-15-35/h4,7-11,14-17,22-25,28-29,33,43H,1-2,5-6,12-13,18-21,26-27,30-32H2,3H3. The Bertz CT molecular complexity index is 1480. The lowest BCUT2D eigenvalue weighted by atomic mass is 9.84. The van der Waals surface area contributed by atoms with Crippen molar-refractivity contribution in [3.63, 3.8) is 0 Å². The second-order valence-corrected chi connectivity index (χ2v) is 12.7. The topological polar surface area (TPSA) is 3.24 Å². The molecule has 1 atom stereocenters. The average Bonchev–Trinajstić information content (AvgIpc) is 3.07. The highest BCUT2D eigenvalue weighted by Gasteiger charge is 2.26. The van der Waals surface area contributed by atoms with E-state index in [0.717, 1.165) is 57.2 Å². The summed E-state index contributed by atoms with van der Waals surface area (Å²) in [7, 11) is 0. The van der Waals surface area contributed by atoms with Crippen molar-refractivity contribution in [2.24, 2.45) is 0 Å². The number of allylic oxidation sites excluding steroid dienone is 2. The molecule has 0 amide bonds. The fraction of sp³-hybridized carbons (Fsp3) is 0.349. The molecule has 0 saturated carbocycles. The Hall–Kier alpha value is -3.68. The molecule has 1 aliphatic rings. The van der Waals surface area contributed by atoms with Crippen LogP contribution in [-0.4, -0.2) is 18.0 Å². The molecule has 5 rings (SSSR count). The van der Waals surface area contributed by atoms with Gasteiger partial charge in [0, 0.05) is 12.6 Å². The molecule has 1 aliphatic carbocycles. The van der Waals surface area contributed by atoms with E-state index in [2.05, 4.69) is 128 Å². The van der Waals surface area contributed by atoms with Crippen molar-refractivity contribution in [3.05, 3.63) is 161 Å². The van der Waals surface area contributed by atoms with Gasteiger partial charge < -0.3 is 0 Å². The highest BCUT2D eigenvalue weighted by atomic mass is 15.2. The van der Waals surface area contributed by atoms with E-state index in [1.54, 1.807) is 5.56 Å². The smallest absolute Gasteiger partial charge is 0.0351 e. The Kier molecular flexibility index (Phi) is 11.8. The first kappa shape index (κ1) is 31.7. The summed E-state index contributed by atoms with van der Waals surface area (Å²) in [6, 6.07) is 36.9. The van der Waals surface area contributed by atoms with E-state index in [1.807, 2.05) is 0 Å². The fourth-order valence-corrected chi connectivity index (χ4v) is 6.85. The molecular formula is C43H51N. The fourth-order valence-electron chi connectivity index (χ4n) is 6.85. The van der Waals surface area contributed by atoms with Gasteiger partial charge >= 0.3 is 0 Å². The zero-order chi connectivity index (χ0) is 30.6. The maximum absolute atomic E-state index is 4.20. The number of rotatable bonds is 16. The number of aryl methyl sites for hydroxylation is 5. The van der Waals surface area contributed by atoms with Crippen LogP contribution in [-0.2, 0) is 38.5 Å². The van der Waals surface area contributed by atoms with Crippen molar-refractivity contribution in [1.29, 1.82) is 0 Å². The van der Waals surface area contributed by atoms with Crippen molar-refractivity contribution in [2.75, 3.05) is 13.1 Å². The summed E-state index contributed by atoms with van der Waals surface area (Å²) in [5, 5.41) is 0. The van der Waals surface area contributed by atoms with E-state index in [4.69, 9.17) is 0 Å². The number of hydrogen-bond acceptors (Lipinski definition) is 1. The van der Waals surface area contributed by atoms with Crippen LogP contribution in [0.1, 0.15) is 89.6 Å². The van der Waals surface area contributed by atoms with Gasteiger partial charge in [-0.05, 0) is 129 Å². The summed E-state index contributed by atoms with van der Waals surface area (Å²) in [4.78, 5) is 2.80. The molecule has 1 nitrogen and oxygen atoms in total. The number of benzene rings is 4. The van der Waals surface area contributed by atoms with Crippen LogP contribution in [0.4, 0.5) is 0 Å². The SMILES string of the molecule is C=CCCCCN(CCc1ccccc1CCc1ccc(CCc2ccccc2)cc1)C1CCCc2cc(C(=C)C)ccc21. The maximum Gasteiger partial charge on any atom is 0.0351 e. The molecule has 0 spiro atoms. The van der Waals surface area contributed by atoms with Crippen molar-refractivity contribution in [3.8, 4) is 0 Å². The molecule has 44 heavy (non-hydrogen) atoms. The van der Waals surface area contributed by atoms with Gasteiger partial charge in [-0.3, -0.25) is 4.90 Å². The molecule has 0 saturated heterocycles. The summed E-state index contributed by atoms with van der Waals surface area (Å²) in [6.45, 7) is 12.5. The van der Waals surface area contributed by atoms with E-state index in [-0.39, 0.29) is 0 Å². The third-order valence-corrected chi connectivity index (χ3v) is 9.50. The Morgan fingerprint density at radius 3 is 2.05 bits per heavy atom. The molecule has 0 aliphatic heterocycles. The molecule has 0 bridgehead atoms. The number of hydrogen-bond donors (Lipinski definition) is 0. The lowest BCUT2D eigenvalue weighted by Crippen LogP contribution is -2.34. The van der Waals surface area contributed by atoms with Crippen molar-refractivity contribution in [1.82, 2.24) is 4.90 Å². The molecule has 4 aromatic carbocycles. The van der Waals surface area contributed by atoms with Crippen LogP contribution in [0.5, 0.6) is 0 Å². The van der Waals surface area contributed by atoms with E-state index in [9.17, 15) is 0 Å². The molecule has 228 valence electrons. The van der Waals surface area contributed by atoms with Gasteiger partial charge in [0.15, 0.2) is 0 Å². The average molecular weight is 582 g/mol. The Morgan fingerprint density at radius 2 is 1.36 bits per heavy atom. The lowest BCUT2D eigenvalue weighted by Gasteiger charge is -2.36. The summed E-state index contributed by atoms with van der Waals surface area (Å²) in [5.41, 5.74) is 12.8. The summed E-state index contributed by atoms with van der Waals surface area (Å²) >= 11 is 0. The molecule has 0 N–H and O–H groups in total. The normalized spacial score (nSPS) is 14.4. The first-order valence-corrected chi connectivity index (χ1v) is 16.9. The van der Waals surface area contributed by atoms with E-state index in [0.29, 0.717) is 6.04 Å².